The van der Waals surface area contributed by atoms with Gasteiger partial charge in [-0.3, -0.25) is 0 Å². The van der Waals surface area contributed by atoms with Crippen LogP contribution < -0.4 is 20.9 Å². The largest absolute Gasteiger partial charge is 0.418 e. The maximum atomic E-state index is 13.2. The Bertz CT molecular complexity index is 961. The molecule has 0 bridgehead atoms. The Morgan fingerprint density at radius 1 is 1.16 bits per heavy atom. The first-order valence-electron chi connectivity index (χ1n) is 10.3. The number of anilines is 3. The number of aryl methyl sites for hydroxylation is 1. The molecule has 1 aromatic heterocycles. The normalized spacial score (nSPS) is 18.7. The van der Waals surface area contributed by atoms with Crippen molar-refractivity contribution >= 4 is 35.1 Å². The maximum Gasteiger partial charge on any atom is 0.418 e. The highest BCUT2D eigenvalue weighted by Crippen LogP contribution is 2.38. The quantitative estimate of drug-likeness (QED) is 0.568. The Hall–Kier alpha value is -2.75. The molecule has 0 spiro atoms. The highest BCUT2D eigenvalue weighted by atomic mass is 35.5. The summed E-state index contributed by atoms with van der Waals surface area (Å²) >= 11 is 5.89. The fraction of sp³-hybridized carbons (Fsp3) is 0.476. The second-order valence-electron chi connectivity index (χ2n) is 8.05. The summed E-state index contributed by atoms with van der Waals surface area (Å²) in [4.78, 5) is 23.1. The number of aromatic nitrogens is 2. The van der Waals surface area contributed by atoms with Gasteiger partial charge in [-0.05, 0) is 44.7 Å². The van der Waals surface area contributed by atoms with Crippen molar-refractivity contribution in [2.24, 2.45) is 0 Å². The topological polar surface area (TPSA) is 82.2 Å². The number of amides is 2. The van der Waals surface area contributed by atoms with Crippen LogP contribution in [0.1, 0.15) is 36.8 Å². The van der Waals surface area contributed by atoms with Gasteiger partial charge in [0.2, 0.25) is 5.95 Å². The van der Waals surface area contributed by atoms with E-state index in [0.29, 0.717) is 18.8 Å². The van der Waals surface area contributed by atoms with E-state index < -0.39 is 23.5 Å². The zero-order valence-electron chi connectivity index (χ0n) is 18.1. The molecule has 1 aliphatic rings. The van der Waals surface area contributed by atoms with Crippen molar-refractivity contribution in [1.29, 1.82) is 0 Å². The van der Waals surface area contributed by atoms with Gasteiger partial charge in [0.15, 0.2) is 0 Å². The van der Waals surface area contributed by atoms with Crippen LogP contribution in [-0.4, -0.2) is 42.2 Å². The average Bonchev–Trinajstić information content (AvgIpc) is 2.71. The second-order valence-corrected chi connectivity index (χ2v) is 8.45. The van der Waals surface area contributed by atoms with Gasteiger partial charge >= 0.3 is 12.2 Å². The van der Waals surface area contributed by atoms with Gasteiger partial charge in [-0.1, -0.05) is 17.7 Å². The van der Waals surface area contributed by atoms with Crippen LogP contribution in [0.25, 0.3) is 0 Å². The van der Waals surface area contributed by atoms with Crippen molar-refractivity contribution in [1.82, 2.24) is 15.3 Å². The molecule has 1 aliphatic carbocycles. The van der Waals surface area contributed by atoms with Crippen LogP contribution >= 0.6 is 11.6 Å². The zero-order chi connectivity index (χ0) is 23.5. The zero-order valence-corrected chi connectivity index (χ0v) is 18.8. The summed E-state index contributed by atoms with van der Waals surface area (Å²) in [5.41, 5.74) is -0.447. The van der Waals surface area contributed by atoms with Crippen LogP contribution in [0.2, 0.25) is 5.02 Å². The molecule has 3 N–H and O–H groups in total. The summed E-state index contributed by atoms with van der Waals surface area (Å²) < 4.78 is 39.6. The minimum absolute atomic E-state index is 0.147. The number of nitrogens with zero attached hydrogens (tertiary/aromatic N) is 3. The van der Waals surface area contributed by atoms with Gasteiger partial charge in [-0.15, -0.1) is 0 Å². The predicted molar refractivity (Wildman–Crippen MR) is 119 cm³/mol. The van der Waals surface area contributed by atoms with Crippen molar-refractivity contribution in [2.45, 2.75) is 50.9 Å². The predicted octanol–water partition coefficient (Wildman–Crippen LogP) is 5.07. The van der Waals surface area contributed by atoms with Crippen LogP contribution in [0, 0.1) is 6.92 Å². The van der Waals surface area contributed by atoms with Crippen LogP contribution in [0.5, 0.6) is 0 Å². The molecular weight excluding hydrogens is 445 g/mol. The van der Waals surface area contributed by atoms with E-state index in [1.165, 1.54) is 12.1 Å². The van der Waals surface area contributed by atoms with E-state index in [1.807, 2.05) is 25.9 Å². The summed E-state index contributed by atoms with van der Waals surface area (Å²) in [6.07, 6.45) is 0.0187. The molecule has 0 saturated heterocycles. The van der Waals surface area contributed by atoms with Crippen molar-refractivity contribution in [2.75, 3.05) is 29.6 Å². The van der Waals surface area contributed by atoms with Crippen LogP contribution in [0.4, 0.5) is 35.4 Å². The molecule has 0 atom stereocenters. The van der Waals surface area contributed by atoms with E-state index in [2.05, 4.69) is 25.9 Å². The monoisotopic (exact) mass is 470 g/mol. The van der Waals surface area contributed by atoms with E-state index in [1.54, 1.807) is 6.20 Å². The lowest BCUT2D eigenvalue weighted by atomic mass is 9.91. The Morgan fingerprint density at radius 3 is 2.44 bits per heavy atom. The summed E-state index contributed by atoms with van der Waals surface area (Å²) in [6, 6.07) is 2.67. The molecule has 1 heterocycles. The van der Waals surface area contributed by atoms with Gasteiger partial charge in [0.1, 0.15) is 5.82 Å². The van der Waals surface area contributed by atoms with E-state index in [-0.39, 0.29) is 17.1 Å². The number of carbonyl (C=O) groups excluding carboxylic acids is 1. The van der Waals surface area contributed by atoms with Gasteiger partial charge in [0, 0.05) is 37.9 Å². The molecule has 1 fully saturated rings. The molecule has 7 nitrogen and oxygen atoms in total. The maximum absolute atomic E-state index is 13.2. The van der Waals surface area contributed by atoms with Crippen LogP contribution in [-0.2, 0) is 6.18 Å². The van der Waals surface area contributed by atoms with Crippen molar-refractivity contribution in [3.05, 3.63) is 40.5 Å². The summed E-state index contributed by atoms with van der Waals surface area (Å²) in [7, 11) is 3.84. The molecule has 1 aromatic carbocycles. The first kappa shape index (κ1) is 23.9. The first-order chi connectivity index (χ1) is 15.0. The molecule has 2 amide bonds. The molecule has 32 heavy (non-hydrogen) atoms. The number of hydrogen-bond acceptors (Lipinski definition) is 5. The molecule has 0 unspecified atom stereocenters. The molecule has 0 aliphatic heterocycles. The third kappa shape index (κ3) is 5.93. The summed E-state index contributed by atoms with van der Waals surface area (Å²) in [5.74, 6) is 1.39. The smallest absolute Gasteiger partial charge is 0.362 e. The number of rotatable bonds is 5. The van der Waals surface area contributed by atoms with Crippen molar-refractivity contribution < 1.29 is 18.0 Å². The lowest BCUT2D eigenvalue weighted by molar-refractivity contribution is -0.136. The summed E-state index contributed by atoms with van der Waals surface area (Å²) in [5, 5.41) is 8.17. The average molecular weight is 471 g/mol. The number of halogens is 4. The molecule has 174 valence electrons. The minimum Gasteiger partial charge on any atom is -0.362 e. The Balaban J connectivity index is 1.54. The van der Waals surface area contributed by atoms with Crippen LogP contribution in [0.15, 0.2) is 24.4 Å². The van der Waals surface area contributed by atoms with Gasteiger partial charge in [0.25, 0.3) is 0 Å². The standard InChI is InChI=1S/C21H26ClF3N6O/c1-12-11-26-19(30-18(12)31(2)3)27-13-7-9-14(10-8-13)28-20(32)29-17-15(21(23,24)25)5-4-6-16(17)22/h4-6,11,13-14H,7-10H2,1-3H3,(H,26,27,30)(H2,28,29,32). The highest BCUT2D eigenvalue weighted by molar-refractivity contribution is 6.33. The van der Waals surface area contributed by atoms with E-state index in [4.69, 9.17) is 11.6 Å². The Morgan fingerprint density at radius 2 is 1.81 bits per heavy atom. The number of nitrogens with one attached hydrogen (secondary N) is 3. The number of para-hydroxylation sites is 1. The molecule has 1 saturated carbocycles. The fourth-order valence-corrected chi connectivity index (χ4v) is 3.96. The van der Waals surface area contributed by atoms with Crippen LogP contribution in [0.3, 0.4) is 0 Å². The SMILES string of the molecule is Cc1cnc(NC2CCC(NC(=O)Nc3c(Cl)cccc3C(F)(F)F)CC2)nc1N(C)C. The number of carbonyl (C=O) groups is 1. The van der Waals surface area contributed by atoms with E-state index in [0.717, 1.165) is 30.3 Å². The third-order valence-corrected chi connectivity index (χ3v) is 5.64. The summed E-state index contributed by atoms with van der Waals surface area (Å²) in [6.45, 7) is 1.95. The number of alkyl halides is 3. The molecule has 2 aromatic rings. The molecular formula is C21H26ClF3N6O. The van der Waals surface area contributed by atoms with Crippen molar-refractivity contribution in [3.63, 3.8) is 0 Å². The van der Waals surface area contributed by atoms with Gasteiger partial charge in [0.05, 0.1) is 16.3 Å². The molecule has 0 radical (unpaired) electrons. The Kier molecular flexibility index (Phi) is 7.33. The third-order valence-electron chi connectivity index (χ3n) is 5.32. The fourth-order valence-electron chi connectivity index (χ4n) is 3.74. The van der Waals surface area contributed by atoms with E-state index >= 15 is 0 Å². The molecule has 11 heteroatoms. The number of benzene rings is 1. The van der Waals surface area contributed by atoms with E-state index in [9.17, 15) is 18.0 Å². The number of hydrogen-bond donors (Lipinski definition) is 3. The van der Waals surface area contributed by atoms with Gasteiger partial charge < -0.3 is 20.9 Å². The lowest BCUT2D eigenvalue weighted by Crippen LogP contribution is -2.42. The van der Waals surface area contributed by atoms with Crippen molar-refractivity contribution in [3.8, 4) is 0 Å². The lowest BCUT2D eigenvalue weighted by Gasteiger charge is -2.30. The number of urea groups is 1. The minimum atomic E-state index is -4.62. The second kappa shape index (κ2) is 9.81. The highest BCUT2D eigenvalue weighted by Gasteiger charge is 2.35. The molecule has 3 rings (SSSR count). The van der Waals surface area contributed by atoms with Gasteiger partial charge in [-0.2, -0.15) is 18.2 Å². The Labute approximate surface area is 189 Å². The van der Waals surface area contributed by atoms with Gasteiger partial charge in [-0.25, -0.2) is 9.78 Å². The first-order valence-corrected chi connectivity index (χ1v) is 10.6.